The van der Waals surface area contributed by atoms with E-state index < -0.39 is 5.97 Å². The molecule has 0 heterocycles. The van der Waals surface area contributed by atoms with E-state index in [4.69, 9.17) is 21.1 Å². The Labute approximate surface area is 154 Å². The Bertz CT molecular complexity index is 619. The third-order valence-corrected chi connectivity index (χ3v) is 5.33. The van der Waals surface area contributed by atoms with Gasteiger partial charge in [-0.25, -0.2) is 4.79 Å². The van der Waals surface area contributed by atoms with E-state index in [0.717, 1.165) is 18.4 Å². The third-order valence-electron chi connectivity index (χ3n) is 4.90. The molecule has 0 saturated heterocycles. The lowest BCUT2D eigenvalue weighted by Crippen LogP contribution is -2.45. The molecule has 0 bridgehead atoms. The van der Waals surface area contributed by atoms with Crippen molar-refractivity contribution in [2.24, 2.45) is 11.8 Å². The Balaban J connectivity index is 1.70. The fourth-order valence-corrected chi connectivity index (χ4v) is 3.19. The standard InChI is InChI=1S/C19H26ClNO4/c1-12-5-4-6-17(14(12)3)21-18(22)10-25-19(23)11-24-15-7-8-16(20)13(2)9-15/h7-9,12,14,17H,4-6,10-11H2,1-3H3,(H,21,22)/t12-,14-,17-/m0/s1. The molecule has 1 aliphatic carbocycles. The zero-order valence-electron chi connectivity index (χ0n) is 15.0. The summed E-state index contributed by atoms with van der Waals surface area (Å²) in [6.45, 7) is 5.69. The topological polar surface area (TPSA) is 64.6 Å². The Kier molecular flexibility index (Phi) is 7.12. The van der Waals surface area contributed by atoms with Crippen molar-refractivity contribution in [2.45, 2.75) is 46.1 Å². The normalized spacial score (nSPS) is 23.0. The second-order valence-electron chi connectivity index (χ2n) is 6.80. The number of aryl methyl sites for hydroxylation is 1. The van der Waals surface area contributed by atoms with Crippen LogP contribution in [0.3, 0.4) is 0 Å². The molecule has 0 aliphatic heterocycles. The molecular formula is C19H26ClNO4. The van der Waals surface area contributed by atoms with Crippen LogP contribution in [0.4, 0.5) is 0 Å². The zero-order valence-corrected chi connectivity index (χ0v) is 15.8. The minimum absolute atomic E-state index is 0.156. The Morgan fingerprint density at radius 3 is 2.72 bits per heavy atom. The summed E-state index contributed by atoms with van der Waals surface area (Å²) in [5, 5.41) is 3.61. The van der Waals surface area contributed by atoms with Gasteiger partial charge in [0.05, 0.1) is 0 Å². The monoisotopic (exact) mass is 367 g/mol. The molecule has 1 saturated carbocycles. The zero-order chi connectivity index (χ0) is 18.4. The summed E-state index contributed by atoms with van der Waals surface area (Å²) in [6.07, 6.45) is 3.29. The predicted octanol–water partition coefficient (Wildman–Crippen LogP) is 3.51. The summed E-state index contributed by atoms with van der Waals surface area (Å²) in [7, 11) is 0. The van der Waals surface area contributed by atoms with E-state index >= 15 is 0 Å². The molecule has 138 valence electrons. The number of nitrogens with one attached hydrogen (secondary N) is 1. The molecule has 1 fully saturated rings. The van der Waals surface area contributed by atoms with Crippen LogP contribution in [0.2, 0.25) is 5.02 Å². The van der Waals surface area contributed by atoms with E-state index in [-0.39, 0.29) is 25.2 Å². The van der Waals surface area contributed by atoms with E-state index in [1.54, 1.807) is 18.2 Å². The summed E-state index contributed by atoms with van der Waals surface area (Å²) < 4.78 is 10.3. The van der Waals surface area contributed by atoms with Crippen LogP contribution in [-0.4, -0.2) is 31.1 Å². The van der Waals surface area contributed by atoms with Gasteiger partial charge >= 0.3 is 5.97 Å². The highest BCUT2D eigenvalue weighted by Gasteiger charge is 2.28. The van der Waals surface area contributed by atoms with E-state index in [9.17, 15) is 9.59 Å². The molecule has 25 heavy (non-hydrogen) atoms. The summed E-state index contributed by atoms with van der Waals surface area (Å²) in [5.74, 6) is 0.727. The van der Waals surface area contributed by atoms with Crippen LogP contribution in [0.15, 0.2) is 18.2 Å². The minimum Gasteiger partial charge on any atom is -0.482 e. The van der Waals surface area contributed by atoms with Gasteiger partial charge in [0.15, 0.2) is 13.2 Å². The largest absolute Gasteiger partial charge is 0.482 e. The number of halogens is 1. The van der Waals surface area contributed by atoms with Crippen LogP contribution in [0.25, 0.3) is 0 Å². The molecule has 5 nitrogen and oxygen atoms in total. The maximum atomic E-state index is 12.0. The molecule has 6 heteroatoms. The number of esters is 1. The first-order chi connectivity index (χ1) is 11.9. The SMILES string of the molecule is Cc1cc(OCC(=O)OCC(=O)N[C@H]2CCC[C@H](C)[C@@H]2C)ccc1Cl. The lowest BCUT2D eigenvalue weighted by Gasteiger charge is -2.34. The molecule has 0 unspecified atom stereocenters. The van der Waals surface area contributed by atoms with Crippen molar-refractivity contribution in [3.8, 4) is 5.75 Å². The molecule has 0 spiro atoms. The van der Waals surface area contributed by atoms with Gasteiger partial charge in [-0.2, -0.15) is 0 Å². The van der Waals surface area contributed by atoms with Crippen LogP contribution in [0, 0.1) is 18.8 Å². The van der Waals surface area contributed by atoms with Gasteiger partial charge in [-0.15, -0.1) is 0 Å². The first kappa shape index (κ1) is 19.6. The lowest BCUT2D eigenvalue weighted by molar-refractivity contribution is -0.150. The average Bonchev–Trinajstić information content (AvgIpc) is 2.58. The molecule has 3 atom stereocenters. The smallest absolute Gasteiger partial charge is 0.344 e. The predicted molar refractivity (Wildman–Crippen MR) is 96.8 cm³/mol. The number of hydrogen-bond acceptors (Lipinski definition) is 4. The van der Waals surface area contributed by atoms with Crippen LogP contribution >= 0.6 is 11.6 Å². The van der Waals surface area contributed by atoms with Crippen molar-refractivity contribution < 1.29 is 19.1 Å². The van der Waals surface area contributed by atoms with Crippen LogP contribution in [0.1, 0.15) is 38.7 Å². The molecule has 2 rings (SSSR count). The van der Waals surface area contributed by atoms with E-state index in [2.05, 4.69) is 19.2 Å². The second kappa shape index (κ2) is 9.09. The van der Waals surface area contributed by atoms with E-state index in [1.165, 1.54) is 6.42 Å². The first-order valence-electron chi connectivity index (χ1n) is 8.70. The quantitative estimate of drug-likeness (QED) is 0.781. The van der Waals surface area contributed by atoms with Crippen LogP contribution in [-0.2, 0) is 14.3 Å². The van der Waals surface area contributed by atoms with Crippen molar-refractivity contribution in [3.05, 3.63) is 28.8 Å². The van der Waals surface area contributed by atoms with E-state index in [1.807, 2.05) is 6.92 Å². The summed E-state index contributed by atoms with van der Waals surface area (Å²) in [6, 6.07) is 5.29. The highest BCUT2D eigenvalue weighted by molar-refractivity contribution is 6.31. The summed E-state index contributed by atoms with van der Waals surface area (Å²) >= 11 is 5.94. The van der Waals surface area contributed by atoms with E-state index in [0.29, 0.717) is 22.6 Å². The molecule has 1 aliphatic rings. The van der Waals surface area contributed by atoms with Gasteiger partial charge in [0.25, 0.3) is 5.91 Å². The average molecular weight is 368 g/mol. The van der Waals surface area contributed by atoms with Crippen LogP contribution < -0.4 is 10.1 Å². The summed E-state index contributed by atoms with van der Waals surface area (Å²) in [4.78, 5) is 23.7. The number of rotatable bonds is 6. The number of benzene rings is 1. The van der Waals surface area contributed by atoms with Gasteiger partial charge in [0, 0.05) is 11.1 Å². The molecule has 1 aromatic carbocycles. The molecule has 1 N–H and O–H groups in total. The Morgan fingerprint density at radius 1 is 1.24 bits per heavy atom. The second-order valence-corrected chi connectivity index (χ2v) is 7.21. The van der Waals surface area contributed by atoms with Gasteiger partial charge in [0.1, 0.15) is 5.75 Å². The molecule has 1 amide bonds. The van der Waals surface area contributed by atoms with Crippen molar-refractivity contribution in [3.63, 3.8) is 0 Å². The van der Waals surface area contributed by atoms with Gasteiger partial charge in [-0.1, -0.05) is 38.3 Å². The van der Waals surface area contributed by atoms with Crippen molar-refractivity contribution >= 4 is 23.5 Å². The molecule has 0 aromatic heterocycles. The number of ether oxygens (including phenoxy) is 2. The number of carbonyl (C=O) groups excluding carboxylic acids is 2. The first-order valence-corrected chi connectivity index (χ1v) is 9.08. The van der Waals surface area contributed by atoms with Gasteiger partial charge in [-0.05, 0) is 48.9 Å². The minimum atomic E-state index is -0.576. The fourth-order valence-electron chi connectivity index (χ4n) is 3.07. The fraction of sp³-hybridized carbons (Fsp3) is 0.579. The van der Waals surface area contributed by atoms with Gasteiger partial charge in [0.2, 0.25) is 0 Å². The number of hydrogen-bond donors (Lipinski definition) is 1. The number of carbonyl (C=O) groups is 2. The Hall–Kier alpha value is -1.75. The number of amides is 1. The van der Waals surface area contributed by atoms with Crippen molar-refractivity contribution in [1.29, 1.82) is 0 Å². The van der Waals surface area contributed by atoms with Crippen LogP contribution in [0.5, 0.6) is 5.75 Å². The molecule has 0 radical (unpaired) electrons. The van der Waals surface area contributed by atoms with Gasteiger partial charge < -0.3 is 14.8 Å². The maximum absolute atomic E-state index is 12.0. The highest BCUT2D eigenvalue weighted by Crippen LogP contribution is 2.29. The third kappa shape index (κ3) is 5.92. The lowest BCUT2D eigenvalue weighted by atomic mass is 9.78. The van der Waals surface area contributed by atoms with Crippen molar-refractivity contribution in [1.82, 2.24) is 5.32 Å². The Morgan fingerprint density at radius 2 is 2.00 bits per heavy atom. The van der Waals surface area contributed by atoms with Gasteiger partial charge in [-0.3, -0.25) is 4.79 Å². The molecule has 1 aromatic rings. The highest BCUT2D eigenvalue weighted by atomic mass is 35.5. The maximum Gasteiger partial charge on any atom is 0.344 e. The summed E-state index contributed by atoms with van der Waals surface area (Å²) in [5.41, 5.74) is 0.864. The molecular weight excluding hydrogens is 342 g/mol. The van der Waals surface area contributed by atoms with Crippen molar-refractivity contribution in [2.75, 3.05) is 13.2 Å².